The maximum atomic E-state index is 11.9. The van der Waals surface area contributed by atoms with Crippen molar-refractivity contribution in [3.05, 3.63) is 44.8 Å². The first-order valence-electron chi connectivity index (χ1n) is 5.19. The second kappa shape index (κ2) is 5.27. The average Bonchev–Trinajstić information content (AvgIpc) is 2.96. The number of hydrogen-bond acceptors (Lipinski definition) is 3. The van der Waals surface area contributed by atoms with Gasteiger partial charge in [0.25, 0.3) is 5.91 Å². The molecule has 0 bridgehead atoms. The Balaban J connectivity index is 2.05. The molecule has 0 aliphatic heterocycles. The zero-order valence-corrected chi connectivity index (χ0v) is 10.6. The van der Waals surface area contributed by atoms with Crippen LogP contribution in [0.25, 0.3) is 0 Å². The normalized spacial score (nSPS) is 12.3. The van der Waals surface area contributed by atoms with E-state index in [1.807, 2.05) is 29.0 Å². The molecule has 1 unspecified atom stereocenters. The highest BCUT2D eigenvalue weighted by Gasteiger charge is 2.14. The van der Waals surface area contributed by atoms with Crippen LogP contribution in [-0.4, -0.2) is 5.91 Å². The van der Waals surface area contributed by atoms with Crippen LogP contribution in [0.4, 0.5) is 0 Å². The van der Waals surface area contributed by atoms with Gasteiger partial charge in [0.2, 0.25) is 0 Å². The molecule has 2 rings (SSSR count). The minimum Gasteiger partial charge on any atom is -0.344 e. The number of carbonyl (C=O) groups excluding carboxylic acids is 1. The predicted molar refractivity (Wildman–Crippen MR) is 69.1 cm³/mol. The molecular formula is C12H13NOS2. The van der Waals surface area contributed by atoms with Gasteiger partial charge >= 0.3 is 0 Å². The first-order valence-corrected chi connectivity index (χ1v) is 6.95. The summed E-state index contributed by atoms with van der Waals surface area (Å²) in [5.41, 5.74) is 0. The fourth-order valence-electron chi connectivity index (χ4n) is 1.50. The number of thiophene rings is 2. The van der Waals surface area contributed by atoms with E-state index in [0.717, 1.165) is 11.3 Å². The lowest BCUT2D eigenvalue weighted by molar-refractivity contribution is 0.0940. The van der Waals surface area contributed by atoms with Crippen molar-refractivity contribution in [2.24, 2.45) is 0 Å². The van der Waals surface area contributed by atoms with Gasteiger partial charge in [-0.25, -0.2) is 0 Å². The second-order valence-electron chi connectivity index (χ2n) is 3.43. The lowest BCUT2D eigenvalue weighted by Gasteiger charge is -2.14. The van der Waals surface area contributed by atoms with Crippen LogP contribution in [-0.2, 0) is 0 Å². The molecule has 4 heteroatoms. The van der Waals surface area contributed by atoms with E-state index in [0.29, 0.717) is 0 Å². The van der Waals surface area contributed by atoms with Crippen LogP contribution in [0.5, 0.6) is 0 Å². The molecule has 0 saturated carbocycles. The van der Waals surface area contributed by atoms with Crippen LogP contribution < -0.4 is 5.32 Å². The lowest BCUT2D eigenvalue weighted by atomic mass is 10.2. The van der Waals surface area contributed by atoms with Crippen LogP contribution in [0, 0.1) is 0 Å². The highest BCUT2D eigenvalue weighted by Crippen LogP contribution is 2.22. The highest BCUT2D eigenvalue weighted by atomic mass is 32.1. The third-order valence-corrected chi connectivity index (χ3v) is 4.20. The monoisotopic (exact) mass is 251 g/mol. The van der Waals surface area contributed by atoms with E-state index in [9.17, 15) is 4.79 Å². The van der Waals surface area contributed by atoms with Crippen molar-refractivity contribution in [3.8, 4) is 0 Å². The van der Waals surface area contributed by atoms with E-state index >= 15 is 0 Å². The molecule has 2 nitrogen and oxygen atoms in total. The van der Waals surface area contributed by atoms with E-state index in [4.69, 9.17) is 0 Å². The largest absolute Gasteiger partial charge is 0.344 e. The van der Waals surface area contributed by atoms with Gasteiger partial charge in [-0.05, 0) is 29.3 Å². The molecule has 2 heterocycles. The van der Waals surface area contributed by atoms with Gasteiger partial charge in [-0.3, -0.25) is 4.79 Å². The van der Waals surface area contributed by atoms with Gasteiger partial charge in [0.05, 0.1) is 10.9 Å². The fourth-order valence-corrected chi connectivity index (χ4v) is 2.99. The van der Waals surface area contributed by atoms with Crippen molar-refractivity contribution < 1.29 is 4.79 Å². The molecule has 1 atom stereocenters. The van der Waals surface area contributed by atoms with Gasteiger partial charge in [-0.15, -0.1) is 22.7 Å². The van der Waals surface area contributed by atoms with Gasteiger partial charge in [-0.2, -0.15) is 0 Å². The number of amides is 1. The molecule has 0 aliphatic rings. The Bertz CT molecular complexity index is 434. The Hall–Kier alpha value is -1.13. The minimum absolute atomic E-state index is 0.0234. The zero-order chi connectivity index (χ0) is 11.4. The summed E-state index contributed by atoms with van der Waals surface area (Å²) in [6.45, 7) is 2.08. The van der Waals surface area contributed by atoms with Gasteiger partial charge in [0.1, 0.15) is 0 Å². The summed E-state index contributed by atoms with van der Waals surface area (Å²) < 4.78 is 0. The molecule has 16 heavy (non-hydrogen) atoms. The lowest BCUT2D eigenvalue weighted by Crippen LogP contribution is -2.26. The van der Waals surface area contributed by atoms with Crippen LogP contribution in [0.1, 0.15) is 33.9 Å². The van der Waals surface area contributed by atoms with E-state index in [2.05, 4.69) is 18.3 Å². The van der Waals surface area contributed by atoms with E-state index in [1.165, 1.54) is 16.2 Å². The third-order valence-electron chi connectivity index (χ3n) is 2.35. The van der Waals surface area contributed by atoms with Crippen LogP contribution in [0.2, 0.25) is 0 Å². The van der Waals surface area contributed by atoms with Crippen molar-refractivity contribution in [2.45, 2.75) is 19.4 Å². The summed E-state index contributed by atoms with van der Waals surface area (Å²) in [6, 6.07) is 7.95. The number of carbonyl (C=O) groups is 1. The molecule has 0 spiro atoms. The minimum atomic E-state index is 0.0234. The average molecular weight is 251 g/mol. The smallest absolute Gasteiger partial charge is 0.261 e. The first kappa shape index (κ1) is 11.4. The first-order chi connectivity index (χ1) is 7.81. The predicted octanol–water partition coefficient (Wildman–Crippen LogP) is 3.69. The molecule has 2 aromatic rings. The Morgan fingerprint density at radius 2 is 2.06 bits per heavy atom. The maximum absolute atomic E-state index is 11.9. The topological polar surface area (TPSA) is 29.1 Å². The Morgan fingerprint density at radius 1 is 1.31 bits per heavy atom. The number of nitrogens with one attached hydrogen (secondary N) is 1. The van der Waals surface area contributed by atoms with Crippen molar-refractivity contribution in [1.29, 1.82) is 0 Å². The van der Waals surface area contributed by atoms with Crippen molar-refractivity contribution in [2.75, 3.05) is 0 Å². The zero-order valence-electron chi connectivity index (χ0n) is 8.97. The van der Waals surface area contributed by atoms with E-state index < -0.39 is 0 Å². The Morgan fingerprint density at radius 3 is 2.62 bits per heavy atom. The highest BCUT2D eigenvalue weighted by molar-refractivity contribution is 7.12. The summed E-state index contributed by atoms with van der Waals surface area (Å²) in [5, 5.41) is 7.01. The molecule has 2 aromatic heterocycles. The number of rotatable bonds is 4. The molecule has 1 amide bonds. The Kier molecular flexibility index (Phi) is 3.74. The second-order valence-corrected chi connectivity index (χ2v) is 5.35. The van der Waals surface area contributed by atoms with Gasteiger partial charge in [0, 0.05) is 4.88 Å². The standard InChI is InChI=1S/C12H13NOS2/c1-2-9(10-5-3-7-15-10)13-12(14)11-6-4-8-16-11/h3-9H,2H2,1H3,(H,13,14). The molecule has 84 valence electrons. The molecule has 0 fully saturated rings. The van der Waals surface area contributed by atoms with Gasteiger partial charge in [-0.1, -0.05) is 19.1 Å². The quantitative estimate of drug-likeness (QED) is 0.882. The third kappa shape index (κ3) is 2.51. The molecule has 0 radical (unpaired) electrons. The molecular weight excluding hydrogens is 238 g/mol. The molecule has 0 aliphatic carbocycles. The molecule has 1 N–H and O–H groups in total. The Labute approximate surface area is 103 Å². The van der Waals surface area contributed by atoms with Gasteiger partial charge in [0.15, 0.2) is 0 Å². The van der Waals surface area contributed by atoms with Crippen molar-refractivity contribution >= 4 is 28.6 Å². The summed E-state index contributed by atoms with van der Waals surface area (Å²) in [7, 11) is 0. The van der Waals surface area contributed by atoms with Crippen molar-refractivity contribution in [3.63, 3.8) is 0 Å². The van der Waals surface area contributed by atoms with Gasteiger partial charge < -0.3 is 5.32 Å². The maximum Gasteiger partial charge on any atom is 0.261 e. The van der Waals surface area contributed by atoms with Crippen LogP contribution in [0.15, 0.2) is 35.0 Å². The van der Waals surface area contributed by atoms with Crippen LogP contribution >= 0.6 is 22.7 Å². The summed E-state index contributed by atoms with van der Waals surface area (Å²) in [5.74, 6) is 0.0234. The van der Waals surface area contributed by atoms with Crippen molar-refractivity contribution in [1.82, 2.24) is 5.32 Å². The van der Waals surface area contributed by atoms with Crippen LogP contribution in [0.3, 0.4) is 0 Å². The van der Waals surface area contributed by atoms with E-state index in [-0.39, 0.29) is 11.9 Å². The molecule has 0 aromatic carbocycles. The number of hydrogen-bond donors (Lipinski definition) is 1. The fraction of sp³-hybridized carbons (Fsp3) is 0.250. The summed E-state index contributed by atoms with van der Waals surface area (Å²) in [4.78, 5) is 13.9. The summed E-state index contributed by atoms with van der Waals surface area (Å²) in [6.07, 6.45) is 0.914. The molecule has 0 saturated heterocycles. The summed E-state index contributed by atoms with van der Waals surface area (Å²) >= 11 is 3.16. The SMILES string of the molecule is CCC(NC(=O)c1cccs1)c1cccs1. The van der Waals surface area contributed by atoms with E-state index in [1.54, 1.807) is 11.3 Å².